The molecule has 0 aromatic heterocycles. The molecule has 2 rings (SSSR count). The quantitative estimate of drug-likeness (QED) is 0.385. The summed E-state index contributed by atoms with van der Waals surface area (Å²) in [6, 6.07) is 8.26. The molecule has 1 fully saturated rings. The van der Waals surface area contributed by atoms with Gasteiger partial charge in [-0.25, -0.2) is 5.43 Å². The molecule has 0 heterocycles. The van der Waals surface area contributed by atoms with Crippen LogP contribution in [0.25, 0.3) is 0 Å². The van der Waals surface area contributed by atoms with Crippen LogP contribution in [0.3, 0.4) is 0 Å². The monoisotopic (exact) mass is 402 g/mol. The van der Waals surface area contributed by atoms with Crippen LogP contribution in [0.5, 0.6) is 0 Å². The van der Waals surface area contributed by atoms with Crippen molar-refractivity contribution in [2.45, 2.75) is 56.7 Å². The van der Waals surface area contributed by atoms with Crippen molar-refractivity contribution < 1.29 is 4.79 Å². The van der Waals surface area contributed by atoms with Gasteiger partial charge in [0.15, 0.2) is 0 Å². The third-order valence-corrected chi connectivity index (χ3v) is 6.05. The number of hydrogen-bond acceptors (Lipinski definition) is 2. The van der Waals surface area contributed by atoms with E-state index in [9.17, 15) is 4.79 Å². The van der Waals surface area contributed by atoms with Crippen LogP contribution in [-0.4, -0.2) is 21.8 Å². The Morgan fingerprint density at radius 3 is 2.24 bits per heavy atom. The number of hydrazone groups is 1. The molecule has 1 atom stereocenters. The molecule has 0 radical (unpaired) electrons. The van der Waals surface area contributed by atoms with E-state index in [-0.39, 0.29) is 11.3 Å². The van der Waals surface area contributed by atoms with E-state index in [2.05, 4.69) is 43.4 Å². The zero-order chi connectivity index (χ0) is 18.9. The van der Waals surface area contributed by atoms with E-state index in [0.717, 1.165) is 17.7 Å². The highest BCUT2D eigenvalue weighted by Gasteiger charge is 2.68. The highest BCUT2D eigenvalue weighted by molar-refractivity contribution is 6.53. The van der Waals surface area contributed by atoms with Crippen molar-refractivity contribution in [3.63, 3.8) is 0 Å². The van der Waals surface area contributed by atoms with E-state index < -0.39 is 9.75 Å². The van der Waals surface area contributed by atoms with Crippen LogP contribution >= 0.6 is 34.8 Å². The van der Waals surface area contributed by atoms with Crippen molar-refractivity contribution in [3.05, 3.63) is 35.4 Å². The van der Waals surface area contributed by atoms with Crippen molar-refractivity contribution in [1.82, 2.24) is 5.43 Å². The number of hydrogen-bond donors (Lipinski definition) is 1. The van der Waals surface area contributed by atoms with Crippen LogP contribution in [0.2, 0.25) is 0 Å². The summed E-state index contributed by atoms with van der Waals surface area (Å²) in [4.78, 5) is 12.3. The van der Waals surface area contributed by atoms with Gasteiger partial charge in [-0.15, -0.1) is 34.8 Å². The van der Waals surface area contributed by atoms with Crippen molar-refractivity contribution in [3.8, 4) is 0 Å². The number of nitrogens with zero attached hydrogens (tertiary/aromatic N) is 1. The predicted molar refractivity (Wildman–Crippen MR) is 107 cm³/mol. The Labute approximate surface area is 165 Å². The Morgan fingerprint density at radius 1 is 1.24 bits per heavy atom. The molecule has 1 aliphatic carbocycles. The Kier molecular flexibility index (Phi) is 6.13. The first-order valence-corrected chi connectivity index (χ1v) is 9.72. The molecule has 0 bridgehead atoms. The minimum absolute atomic E-state index is 0.0881. The fourth-order valence-corrected chi connectivity index (χ4v) is 3.39. The lowest BCUT2D eigenvalue weighted by atomic mass is 9.86. The molecule has 1 aliphatic rings. The third kappa shape index (κ3) is 4.69. The normalized spacial score (nSPS) is 22.6. The lowest BCUT2D eigenvalue weighted by molar-refractivity contribution is -0.125. The second-order valence-electron chi connectivity index (χ2n) is 7.83. The first kappa shape index (κ1) is 20.5. The smallest absolute Gasteiger partial charge is 0.249 e. The summed E-state index contributed by atoms with van der Waals surface area (Å²) in [5.74, 6) is 0.282. The lowest BCUT2D eigenvalue weighted by Crippen LogP contribution is -2.30. The van der Waals surface area contributed by atoms with Crippen molar-refractivity contribution in [2.75, 3.05) is 5.88 Å². The summed E-state index contributed by atoms with van der Waals surface area (Å²) in [6.45, 7) is 8.26. The van der Waals surface area contributed by atoms with Crippen LogP contribution in [0.4, 0.5) is 0 Å². The molecule has 1 amide bonds. The third-order valence-electron chi connectivity index (χ3n) is 4.68. The van der Waals surface area contributed by atoms with Crippen LogP contribution in [0, 0.1) is 5.41 Å². The fourth-order valence-electron chi connectivity index (χ4n) is 2.55. The number of halogens is 3. The summed E-state index contributed by atoms with van der Waals surface area (Å²) in [5, 5.41) is 4.34. The molecule has 6 heteroatoms. The molecule has 25 heavy (non-hydrogen) atoms. The number of carbonyl (C=O) groups is 1. The fraction of sp³-hybridized carbons (Fsp3) is 0.579. The summed E-state index contributed by atoms with van der Waals surface area (Å²) < 4.78 is -1.00. The SMILES string of the molecule is CC(C)(C)c1ccc(C(CCCCl)=NNC(=O)C2(C)CC2(Cl)Cl)cc1. The van der Waals surface area contributed by atoms with Gasteiger partial charge in [-0.2, -0.15) is 5.10 Å². The average molecular weight is 404 g/mol. The maximum atomic E-state index is 12.3. The Morgan fingerprint density at radius 2 is 1.80 bits per heavy atom. The minimum Gasteiger partial charge on any atom is -0.272 e. The van der Waals surface area contributed by atoms with E-state index in [4.69, 9.17) is 34.8 Å². The maximum absolute atomic E-state index is 12.3. The molecule has 1 aromatic carbocycles. The van der Waals surface area contributed by atoms with Crippen molar-refractivity contribution in [2.24, 2.45) is 10.5 Å². The van der Waals surface area contributed by atoms with Crippen LogP contribution in [0.1, 0.15) is 58.1 Å². The zero-order valence-electron chi connectivity index (χ0n) is 15.1. The molecule has 1 N–H and O–H groups in total. The Hall–Kier alpha value is -0.770. The molecule has 1 saturated carbocycles. The van der Waals surface area contributed by atoms with E-state index in [0.29, 0.717) is 18.7 Å². The molecule has 0 spiro atoms. The predicted octanol–water partition coefficient (Wildman–Crippen LogP) is 5.41. The molecule has 1 aromatic rings. The second-order valence-corrected chi connectivity index (χ2v) is 9.69. The highest BCUT2D eigenvalue weighted by Crippen LogP contribution is 2.63. The molecular formula is C19H25Cl3N2O. The van der Waals surface area contributed by atoms with E-state index in [1.807, 2.05) is 12.1 Å². The molecule has 0 saturated heterocycles. The second kappa shape index (κ2) is 7.46. The van der Waals surface area contributed by atoms with Gasteiger partial charge in [-0.1, -0.05) is 45.0 Å². The van der Waals surface area contributed by atoms with Crippen LogP contribution in [-0.2, 0) is 10.2 Å². The first-order valence-electron chi connectivity index (χ1n) is 8.43. The number of alkyl halides is 3. The van der Waals surface area contributed by atoms with Crippen LogP contribution < -0.4 is 5.43 Å². The number of benzene rings is 1. The molecule has 3 nitrogen and oxygen atoms in total. The van der Waals surface area contributed by atoms with Crippen molar-refractivity contribution >= 4 is 46.4 Å². The van der Waals surface area contributed by atoms with Crippen molar-refractivity contribution in [1.29, 1.82) is 0 Å². The summed E-state index contributed by atoms with van der Waals surface area (Å²) in [5.41, 5.74) is 4.95. The topological polar surface area (TPSA) is 41.5 Å². The Bertz CT molecular complexity index is 662. The van der Waals surface area contributed by atoms with Gasteiger partial charge < -0.3 is 0 Å². The number of rotatable bonds is 6. The molecule has 138 valence electrons. The van der Waals surface area contributed by atoms with Gasteiger partial charge in [0.1, 0.15) is 4.33 Å². The molecule has 1 unspecified atom stereocenters. The average Bonchev–Trinajstić information content (AvgIpc) is 3.06. The van der Waals surface area contributed by atoms with Gasteiger partial charge in [0, 0.05) is 5.88 Å². The largest absolute Gasteiger partial charge is 0.272 e. The van der Waals surface area contributed by atoms with Gasteiger partial charge in [0.05, 0.1) is 11.1 Å². The van der Waals surface area contributed by atoms with Gasteiger partial charge in [-0.3, -0.25) is 4.79 Å². The zero-order valence-corrected chi connectivity index (χ0v) is 17.4. The Balaban J connectivity index is 2.17. The van der Waals surface area contributed by atoms with E-state index in [1.165, 1.54) is 5.56 Å². The van der Waals surface area contributed by atoms with E-state index >= 15 is 0 Å². The summed E-state index contributed by atoms with van der Waals surface area (Å²) in [7, 11) is 0. The number of amides is 1. The van der Waals surface area contributed by atoms with Crippen LogP contribution in [0.15, 0.2) is 29.4 Å². The molecule has 0 aliphatic heterocycles. The van der Waals surface area contributed by atoms with E-state index in [1.54, 1.807) is 6.92 Å². The molecular weight excluding hydrogens is 379 g/mol. The standard InChI is InChI=1S/C19H25Cl3N2O/c1-17(2,3)14-9-7-13(8-10-14)15(6-5-11-20)23-24-16(25)18(4)12-19(18,21)22/h7-10H,5-6,11-12H2,1-4H3,(H,24,25). The minimum atomic E-state index is -1.00. The van der Waals surface area contributed by atoms with Gasteiger partial charge >= 0.3 is 0 Å². The van der Waals surface area contributed by atoms with Gasteiger partial charge in [-0.05, 0) is 42.7 Å². The van der Waals surface area contributed by atoms with Gasteiger partial charge in [0.2, 0.25) is 5.91 Å². The summed E-state index contributed by atoms with van der Waals surface area (Å²) >= 11 is 17.9. The highest BCUT2D eigenvalue weighted by atomic mass is 35.5. The number of nitrogens with one attached hydrogen (secondary N) is 1. The van der Waals surface area contributed by atoms with Gasteiger partial charge in [0.25, 0.3) is 0 Å². The lowest BCUT2D eigenvalue weighted by Gasteiger charge is -2.19. The first-order chi connectivity index (χ1) is 11.5. The summed E-state index contributed by atoms with van der Waals surface area (Å²) in [6.07, 6.45) is 1.90. The maximum Gasteiger partial charge on any atom is 0.249 e. The number of carbonyl (C=O) groups excluding carboxylic acids is 1.